The molecule has 0 aliphatic heterocycles. The number of nitrogens with one attached hydrogen (secondary N) is 1. The smallest absolute Gasteiger partial charge is 0.269 e. The van der Waals surface area contributed by atoms with E-state index in [9.17, 15) is 13.2 Å². The number of aromatic nitrogens is 1. The van der Waals surface area contributed by atoms with Gasteiger partial charge in [-0.3, -0.25) is 4.79 Å². The van der Waals surface area contributed by atoms with E-state index in [-0.39, 0.29) is 22.8 Å². The first kappa shape index (κ1) is 16.6. The minimum Gasteiger partial charge on any atom is -0.360 e. The summed E-state index contributed by atoms with van der Waals surface area (Å²) in [5.74, 6) is 0.104. The largest absolute Gasteiger partial charge is 0.360 e. The van der Waals surface area contributed by atoms with Gasteiger partial charge in [0.25, 0.3) is 10.0 Å². The molecule has 118 valence electrons. The number of hydrogen-bond donors (Lipinski definition) is 1. The van der Waals surface area contributed by atoms with Crippen molar-refractivity contribution >= 4 is 27.7 Å². The maximum Gasteiger partial charge on any atom is 0.269 e. The van der Waals surface area contributed by atoms with Crippen molar-refractivity contribution in [2.45, 2.75) is 30.1 Å². The second-order valence-corrected chi connectivity index (χ2v) is 7.38. The van der Waals surface area contributed by atoms with E-state index in [1.807, 2.05) is 35.1 Å². The maximum absolute atomic E-state index is 12.1. The fourth-order valence-corrected chi connectivity index (χ4v) is 4.11. The summed E-state index contributed by atoms with van der Waals surface area (Å²) in [5.41, 5.74) is 0.233. The van der Waals surface area contributed by atoms with Gasteiger partial charge in [-0.25, -0.2) is 13.1 Å². The summed E-state index contributed by atoms with van der Waals surface area (Å²) >= 11 is 1.49. The van der Waals surface area contributed by atoms with E-state index in [0.717, 1.165) is 4.90 Å². The zero-order chi connectivity index (χ0) is 16.2. The van der Waals surface area contributed by atoms with Gasteiger partial charge in [-0.15, -0.1) is 11.8 Å². The molecule has 22 heavy (non-hydrogen) atoms. The third-order valence-electron chi connectivity index (χ3n) is 2.83. The Morgan fingerprint density at radius 2 is 1.95 bits per heavy atom. The number of aryl methyl sites for hydroxylation is 2. The van der Waals surface area contributed by atoms with Crippen LogP contribution in [0.2, 0.25) is 0 Å². The average Bonchev–Trinajstić information content (AvgIpc) is 2.79. The molecule has 0 fully saturated rings. The van der Waals surface area contributed by atoms with Crippen molar-refractivity contribution in [2.75, 3.05) is 5.75 Å². The zero-order valence-corrected chi connectivity index (χ0v) is 13.8. The highest BCUT2D eigenvalue weighted by atomic mass is 32.2. The highest BCUT2D eigenvalue weighted by Crippen LogP contribution is 2.20. The molecule has 1 N–H and O–H groups in total. The van der Waals surface area contributed by atoms with Crippen LogP contribution >= 0.6 is 11.8 Å². The molecule has 0 saturated heterocycles. The quantitative estimate of drug-likeness (QED) is 0.812. The summed E-state index contributed by atoms with van der Waals surface area (Å²) < 4.78 is 31.1. The van der Waals surface area contributed by atoms with Crippen LogP contribution in [0.4, 0.5) is 0 Å². The molecular formula is C14H16N2O4S2. The molecule has 0 spiro atoms. The average molecular weight is 340 g/mol. The highest BCUT2D eigenvalue weighted by molar-refractivity contribution is 7.99. The lowest BCUT2D eigenvalue weighted by Gasteiger charge is -2.06. The molecule has 1 heterocycles. The molecule has 0 bridgehead atoms. The van der Waals surface area contributed by atoms with Crippen molar-refractivity contribution in [3.63, 3.8) is 0 Å². The first-order valence-electron chi connectivity index (χ1n) is 6.56. The molecule has 0 radical (unpaired) electrons. The molecule has 0 unspecified atom stereocenters. The van der Waals surface area contributed by atoms with Crippen LogP contribution in [0.15, 0.2) is 44.6 Å². The predicted octanol–water partition coefficient (Wildman–Crippen LogP) is 2.28. The van der Waals surface area contributed by atoms with Crippen molar-refractivity contribution in [3.8, 4) is 0 Å². The van der Waals surface area contributed by atoms with E-state index in [2.05, 4.69) is 5.16 Å². The molecular weight excluding hydrogens is 324 g/mol. The molecule has 0 aliphatic rings. The molecule has 1 aromatic heterocycles. The van der Waals surface area contributed by atoms with Gasteiger partial charge in [0, 0.05) is 17.1 Å². The fraction of sp³-hybridized carbons (Fsp3) is 0.286. The van der Waals surface area contributed by atoms with Crippen LogP contribution in [-0.2, 0) is 14.8 Å². The molecule has 0 atom stereocenters. The second kappa shape index (κ2) is 6.97. The van der Waals surface area contributed by atoms with Gasteiger partial charge in [0.1, 0.15) is 5.69 Å². The molecule has 0 aliphatic carbocycles. The summed E-state index contributed by atoms with van der Waals surface area (Å²) in [4.78, 5) is 12.8. The molecule has 8 heteroatoms. The number of carbonyl (C=O) groups is 1. The van der Waals surface area contributed by atoms with Crippen LogP contribution < -0.4 is 4.72 Å². The van der Waals surface area contributed by atoms with Gasteiger partial charge in [0.2, 0.25) is 5.91 Å². The number of benzene rings is 1. The van der Waals surface area contributed by atoms with E-state index >= 15 is 0 Å². The van der Waals surface area contributed by atoms with Crippen molar-refractivity contribution in [1.82, 2.24) is 9.88 Å². The van der Waals surface area contributed by atoms with Crippen molar-refractivity contribution in [2.24, 2.45) is 0 Å². The lowest BCUT2D eigenvalue weighted by molar-refractivity contribution is -0.118. The van der Waals surface area contributed by atoms with Crippen LogP contribution in [0.1, 0.15) is 17.9 Å². The van der Waals surface area contributed by atoms with E-state index in [0.29, 0.717) is 5.75 Å². The summed E-state index contributed by atoms with van der Waals surface area (Å²) in [6.07, 6.45) is 0.0994. The highest BCUT2D eigenvalue weighted by Gasteiger charge is 2.25. The Hall–Kier alpha value is -1.80. The Kier molecular flexibility index (Phi) is 5.25. The Morgan fingerprint density at radius 3 is 2.55 bits per heavy atom. The molecule has 2 aromatic rings. The van der Waals surface area contributed by atoms with Crippen molar-refractivity contribution < 1.29 is 17.7 Å². The standard InChI is InChI=1S/C14H16N2O4S2/c1-10-14(11(2)20-15-10)22(18,19)16-13(17)8-9-21-12-6-4-3-5-7-12/h3-7H,8-9H2,1-2H3,(H,16,17). The van der Waals surface area contributed by atoms with Crippen molar-refractivity contribution in [3.05, 3.63) is 41.8 Å². The number of sulfonamides is 1. The number of hydrogen-bond acceptors (Lipinski definition) is 6. The Labute approximate surface area is 133 Å². The number of carbonyl (C=O) groups excluding carboxylic acids is 1. The van der Waals surface area contributed by atoms with E-state index in [1.165, 1.54) is 25.6 Å². The first-order chi connectivity index (χ1) is 10.4. The number of amides is 1. The predicted molar refractivity (Wildman–Crippen MR) is 83.1 cm³/mol. The van der Waals surface area contributed by atoms with Crippen molar-refractivity contribution in [1.29, 1.82) is 0 Å². The third-order valence-corrected chi connectivity index (χ3v) is 5.46. The fourth-order valence-electron chi connectivity index (χ4n) is 1.89. The number of thioether (sulfide) groups is 1. The second-order valence-electron chi connectivity index (χ2n) is 4.59. The number of nitrogens with zero attached hydrogens (tertiary/aromatic N) is 1. The van der Waals surface area contributed by atoms with E-state index < -0.39 is 15.9 Å². The van der Waals surface area contributed by atoms with Gasteiger partial charge in [-0.2, -0.15) is 0 Å². The molecule has 1 amide bonds. The third kappa shape index (κ3) is 4.11. The number of rotatable bonds is 6. The van der Waals surface area contributed by atoms with Gasteiger partial charge in [-0.05, 0) is 26.0 Å². The van der Waals surface area contributed by atoms with Gasteiger partial charge in [0.05, 0.1) is 0 Å². The van der Waals surface area contributed by atoms with Gasteiger partial charge in [-0.1, -0.05) is 23.4 Å². The maximum atomic E-state index is 12.1. The molecule has 0 saturated carbocycles. The van der Waals surface area contributed by atoms with Crippen LogP contribution in [0.5, 0.6) is 0 Å². The van der Waals surface area contributed by atoms with Crippen LogP contribution in [0.25, 0.3) is 0 Å². The SMILES string of the molecule is Cc1noc(C)c1S(=O)(=O)NC(=O)CCSc1ccccc1. The Bertz CT molecular complexity index is 735. The lowest BCUT2D eigenvalue weighted by Crippen LogP contribution is -2.31. The zero-order valence-electron chi connectivity index (χ0n) is 12.2. The topological polar surface area (TPSA) is 89.3 Å². The normalized spacial score (nSPS) is 11.4. The molecule has 6 nitrogen and oxygen atoms in total. The van der Waals surface area contributed by atoms with Crippen LogP contribution in [0.3, 0.4) is 0 Å². The van der Waals surface area contributed by atoms with Crippen LogP contribution in [0, 0.1) is 13.8 Å². The molecule has 1 aromatic carbocycles. The first-order valence-corrected chi connectivity index (χ1v) is 9.03. The summed E-state index contributed by atoms with van der Waals surface area (Å²) in [5, 5.41) is 3.58. The summed E-state index contributed by atoms with van der Waals surface area (Å²) in [7, 11) is -3.94. The van der Waals surface area contributed by atoms with E-state index in [4.69, 9.17) is 4.52 Å². The lowest BCUT2D eigenvalue weighted by atomic mass is 10.4. The monoisotopic (exact) mass is 340 g/mol. The minimum absolute atomic E-state index is 0.0726. The van der Waals surface area contributed by atoms with Gasteiger partial charge >= 0.3 is 0 Å². The summed E-state index contributed by atoms with van der Waals surface area (Å²) in [6.45, 7) is 3.01. The van der Waals surface area contributed by atoms with E-state index in [1.54, 1.807) is 0 Å². The van der Waals surface area contributed by atoms with Gasteiger partial charge < -0.3 is 4.52 Å². The Balaban J connectivity index is 1.92. The van der Waals surface area contributed by atoms with Gasteiger partial charge in [0.15, 0.2) is 10.7 Å². The Morgan fingerprint density at radius 1 is 1.27 bits per heavy atom. The summed E-state index contributed by atoms with van der Waals surface area (Å²) in [6, 6.07) is 9.59. The molecule has 2 rings (SSSR count). The van der Waals surface area contributed by atoms with Crippen LogP contribution in [-0.4, -0.2) is 25.2 Å². The minimum atomic E-state index is -3.94.